The van der Waals surface area contributed by atoms with E-state index in [-0.39, 0.29) is 0 Å². The van der Waals surface area contributed by atoms with E-state index >= 15 is 0 Å². The number of hydrogen-bond acceptors (Lipinski definition) is 3. The Bertz CT molecular complexity index is 169. The topological polar surface area (TPSA) is 66.6 Å². The number of nitrogens with two attached hydrogens (primary N) is 1. The van der Waals surface area contributed by atoms with E-state index in [1.807, 2.05) is 11.9 Å². The van der Waals surface area contributed by atoms with Crippen LogP contribution in [0.1, 0.15) is 26.7 Å². The van der Waals surface area contributed by atoms with Gasteiger partial charge in [0.2, 0.25) is 0 Å². The number of rotatable bonds is 6. The predicted molar refractivity (Wildman–Crippen MR) is 52.6 cm³/mol. The van der Waals surface area contributed by atoms with Crippen LogP contribution >= 0.6 is 0 Å². The Kier molecular flexibility index (Phi) is 4.95. The molecular formula is C9H20N2O2. The molecule has 0 aliphatic carbocycles. The van der Waals surface area contributed by atoms with Crippen LogP contribution in [0, 0.1) is 0 Å². The van der Waals surface area contributed by atoms with Gasteiger partial charge in [0.05, 0.1) is 0 Å². The molecule has 4 heteroatoms. The normalized spacial score (nSPS) is 15.8. The molecule has 0 aromatic rings. The van der Waals surface area contributed by atoms with Crippen LogP contribution in [-0.4, -0.2) is 41.7 Å². The molecule has 0 aliphatic heterocycles. The second-order valence-electron chi connectivity index (χ2n) is 3.81. The first-order valence-electron chi connectivity index (χ1n) is 4.61. The van der Waals surface area contributed by atoms with Gasteiger partial charge in [-0.1, -0.05) is 13.3 Å². The maximum atomic E-state index is 10.7. The average molecular weight is 188 g/mol. The monoisotopic (exact) mass is 188 g/mol. The van der Waals surface area contributed by atoms with E-state index in [1.165, 1.54) is 6.92 Å². The molecule has 0 saturated carbocycles. The molecule has 4 nitrogen and oxygen atoms in total. The standard InChI is InChI=1S/C9H20N2O2/c1-4-5-6-11(3)7-9(2,10)8(12)13/h4-7,10H2,1-3H3,(H,12,13). The lowest BCUT2D eigenvalue weighted by Crippen LogP contribution is -2.53. The third kappa shape index (κ3) is 4.85. The molecule has 0 aliphatic rings. The van der Waals surface area contributed by atoms with Crippen molar-refractivity contribution < 1.29 is 9.90 Å². The van der Waals surface area contributed by atoms with Crippen LogP contribution in [0.2, 0.25) is 0 Å². The summed E-state index contributed by atoms with van der Waals surface area (Å²) in [4.78, 5) is 12.6. The van der Waals surface area contributed by atoms with E-state index in [0.29, 0.717) is 6.54 Å². The Morgan fingerprint density at radius 3 is 2.54 bits per heavy atom. The Morgan fingerprint density at radius 1 is 1.62 bits per heavy atom. The van der Waals surface area contributed by atoms with Gasteiger partial charge in [0.1, 0.15) is 5.54 Å². The van der Waals surface area contributed by atoms with Crippen molar-refractivity contribution in [2.45, 2.75) is 32.2 Å². The zero-order valence-corrected chi connectivity index (χ0v) is 8.71. The number of likely N-dealkylation sites (N-methyl/N-ethyl adjacent to an activating group) is 1. The van der Waals surface area contributed by atoms with Crippen molar-refractivity contribution in [3.05, 3.63) is 0 Å². The summed E-state index contributed by atoms with van der Waals surface area (Å²) < 4.78 is 0. The molecule has 0 aromatic heterocycles. The number of unbranched alkanes of at least 4 members (excludes halogenated alkanes) is 1. The maximum absolute atomic E-state index is 10.7. The summed E-state index contributed by atoms with van der Waals surface area (Å²) in [6.45, 7) is 4.93. The van der Waals surface area contributed by atoms with Crippen molar-refractivity contribution in [1.29, 1.82) is 0 Å². The van der Waals surface area contributed by atoms with E-state index < -0.39 is 11.5 Å². The summed E-state index contributed by atoms with van der Waals surface area (Å²) in [7, 11) is 1.89. The van der Waals surface area contributed by atoms with E-state index in [2.05, 4.69) is 6.92 Å². The number of carbonyl (C=O) groups is 1. The lowest BCUT2D eigenvalue weighted by molar-refractivity contribution is -0.143. The Balaban J connectivity index is 3.89. The molecule has 0 aromatic carbocycles. The summed E-state index contributed by atoms with van der Waals surface area (Å²) in [6, 6.07) is 0. The number of carboxylic acids is 1. The summed E-state index contributed by atoms with van der Waals surface area (Å²) >= 11 is 0. The zero-order chi connectivity index (χ0) is 10.5. The summed E-state index contributed by atoms with van der Waals surface area (Å²) in [5.41, 5.74) is 4.45. The van der Waals surface area contributed by atoms with Crippen molar-refractivity contribution in [3.8, 4) is 0 Å². The van der Waals surface area contributed by atoms with Gasteiger partial charge in [-0.25, -0.2) is 0 Å². The highest BCUT2D eigenvalue weighted by atomic mass is 16.4. The minimum absolute atomic E-state index is 0.391. The van der Waals surface area contributed by atoms with Gasteiger partial charge >= 0.3 is 5.97 Å². The molecule has 0 saturated heterocycles. The van der Waals surface area contributed by atoms with Crippen LogP contribution in [0.3, 0.4) is 0 Å². The Labute approximate surface area is 79.7 Å². The SMILES string of the molecule is CCCCN(C)CC(C)(N)C(=O)O. The largest absolute Gasteiger partial charge is 0.480 e. The fraction of sp³-hybridized carbons (Fsp3) is 0.889. The third-order valence-corrected chi connectivity index (χ3v) is 1.98. The number of carboxylic acid groups (broad SMARTS) is 1. The number of hydrogen-bond donors (Lipinski definition) is 2. The van der Waals surface area contributed by atoms with Crippen molar-refractivity contribution in [1.82, 2.24) is 4.90 Å². The summed E-state index contributed by atoms with van der Waals surface area (Å²) in [5.74, 6) is -0.948. The first kappa shape index (κ1) is 12.4. The molecule has 1 atom stereocenters. The van der Waals surface area contributed by atoms with E-state index in [0.717, 1.165) is 19.4 Å². The molecule has 0 rings (SSSR count). The van der Waals surface area contributed by atoms with Gasteiger partial charge in [-0.2, -0.15) is 0 Å². The van der Waals surface area contributed by atoms with E-state index in [4.69, 9.17) is 10.8 Å². The third-order valence-electron chi connectivity index (χ3n) is 1.98. The highest BCUT2D eigenvalue weighted by Gasteiger charge is 2.28. The van der Waals surface area contributed by atoms with Crippen molar-refractivity contribution >= 4 is 5.97 Å². The van der Waals surface area contributed by atoms with Crippen LogP contribution in [-0.2, 0) is 4.79 Å². The molecule has 0 heterocycles. The molecule has 3 N–H and O–H groups in total. The van der Waals surface area contributed by atoms with Gasteiger partial charge < -0.3 is 15.7 Å². The van der Waals surface area contributed by atoms with Crippen LogP contribution in [0.5, 0.6) is 0 Å². The van der Waals surface area contributed by atoms with Gasteiger partial charge in [0.15, 0.2) is 0 Å². The minimum Gasteiger partial charge on any atom is -0.480 e. The van der Waals surface area contributed by atoms with E-state index in [9.17, 15) is 4.79 Å². The van der Waals surface area contributed by atoms with Crippen LogP contribution in [0.4, 0.5) is 0 Å². The minimum atomic E-state index is -1.14. The van der Waals surface area contributed by atoms with E-state index in [1.54, 1.807) is 0 Å². The molecule has 0 amide bonds. The summed E-state index contributed by atoms with van der Waals surface area (Å²) in [6.07, 6.45) is 2.19. The predicted octanol–water partition coefficient (Wildman–Crippen LogP) is 0.520. The second-order valence-corrected chi connectivity index (χ2v) is 3.81. The quantitative estimate of drug-likeness (QED) is 0.637. The van der Waals surface area contributed by atoms with Crippen molar-refractivity contribution in [2.75, 3.05) is 20.1 Å². The van der Waals surface area contributed by atoms with Crippen molar-refractivity contribution in [2.24, 2.45) is 5.73 Å². The van der Waals surface area contributed by atoms with Crippen LogP contribution in [0.15, 0.2) is 0 Å². The highest BCUT2D eigenvalue weighted by Crippen LogP contribution is 2.02. The average Bonchev–Trinajstić information content (AvgIpc) is 1.99. The first-order chi connectivity index (χ1) is 5.90. The fourth-order valence-corrected chi connectivity index (χ4v) is 1.14. The van der Waals surface area contributed by atoms with Crippen LogP contribution < -0.4 is 5.73 Å². The highest BCUT2D eigenvalue weighted by molar-refractivity contribution is 5.78. The van der Waals surface area contributed by atoms with Crippen molar-refractivity contribution in [3.63, 3.8) is 0 Å². The number of aliphatic carboxylic acids is 1. The lowest BCUT2D eigenvalue weighted by Gasteiger charge is -2.26. The molecule has 0 spiro atoms. The molecule has 13 heavy (non-hydrogen) atoms. The molecule has 0 radical (unpaired) electrons. The first-order valence-corrected chi connectivity index (χ1v) is 4.61. The molecular weight excluding hydrogens is 168 g/mol. The lowest BCUT2D eigenvalue weighted by atomic mass is 10.0. The number of nitrogens with zero attached hydrogens (tertiary/aromatic N) is 1. The van der Waals surface area contributed by atoms with Gasteiger partial charge in [0, 0.05) is 6.54 Å². The zero-order valence-electron chi connectivity index (χ0n) is 8.71. The summed E-state index contributed by atoms with van der Waals surface area (Å²) in [5, 5.41) is 8.76. The maximum Gasteiger partial charge on any atom is 0.324 e. The molecule has 1 unspecified atom stereocenters. The Hall–Kier alpha value is -0.610. The fourth-order valence-electron chi connectivity index (χ4n) is 1.14. The van der Waals surface area contributed by atoms with Gasteiger partial charge in [-0.15, -0.1) is 0 Å². The van der Waals surface area contributed by atoms with Gasteiger partial charge in [-0.05, 0) is 26.9 Å². The molecule has 0 fully saturated rings. The Morgan fingerprint density at radius 2 is 2.15 bits per heavy atom. The molecule has 0 bridgehead atoms. The van der Waals surface area contributed by atoms with Crippen LogP contribution in [0.25, 0.3) is 0 Å². The van der Waals surface area contributed by atoms with Gasteiger partial charge in [0.25, 0.3) is 0 Å². The smallest absolute Gasteiger partial charge is 0.324 e. The van der Waals surface area contributed by atoms with Gasteiger partial charge in [-0.3, -0.25) is 4.79 Å². The molecule has 78 valence electrons. The second kappa shape index (κ2) is 5.19.